The van der Waals surface area contributed by atoms with Crippen molar-refractivity contribution in [1.82, 2.24) is 5.32 Å². The van der Waals surface area contributed by atoms with Crippen molar-refractivity contribution in [3.8, 4) is 0 Å². The highest BCUT2D eigenvalue weighted by molar-refractivity contribution is 6.35. The summed E-state index contributed by atoms with van der Waals surface area (Å²) >= 11 is 11.6. The molecule has 1 rings (SSSR count). The summed E-state index contributed by atoms with van der Waals surface area (Å²) < 4.78 is 0. The van der Waals surface area contributed by atoms with E-state index in [9.17, 15) is 4.79 Å². The molecule has 4 heteroatoms. The van der Waals surface area contributed by atoms with Gasteiger partial charge in [-0.05, 0) is 23.6 Å². The molecule has 0 fully saturated rings. The lowest BCUT2D eigenvalue weighted by Gasteiger charge is -2.18. The normalized spacial score (nSPS) is 11.3. The van der Waals surface area contributed by atoms with Gasteiger partial charge in [0.15, 0.2) is 0 Å². The van der Waals surface area contributed by atoms with Crippen molar-refractivity contribution < 1.29 is 4.79 Å². The van der Waals surface area contributed by atoms with Crippen LogP contribution >= 0.6 is 23.2 Å². The van der Waals surface area contributed by atoms with Gasteiger partial charge in [-0.3, -0.25) is 4.79 Å². The lowest BCUT2D eigenvalue weighted by atomic mass is 9.97. The Labute approximate surface area is 106 Å². The molecule has 1 N–H and O–H groups in total. The van der Waals surface area contributed by atoms with Crippen molar-refractivity contribution in [2.24, 2.45) is 5.41 Å². The van der Waals surface area contributed by atoms with Gasteiger partial charge in [0.25, 0.3) is 5.91 Å². The summed E-state index contributed by atoms with van der Waals surface area (Å²) in [6.45, 7) is 6.77. The average Bonchev–Trinajstić information content (AvgIpc) is 2.11. The van der Waals surface area contributed by atoms with E-state index in [0.717, 1.165) is 0 Å². The first-order chi connectivity index (χ1) is 7.28. The maximum absolute atomic E-state index is 11.8. The number of amides is 1. The molecule has 0 unspecified atom stereocenters. The summed E-state index contributed by atoms with van der Waals surface area (Å²) in [5.41, 5.74) is 0.541. The minimum absolute atomic E-state index is 0.0536. The first kappa shape index (κ1) is 13.3. The van der Waals surface area contributed by atoms with Crippen molar-refractivity contribution >= 4 is 29.1 Å². The van der Waals surface area contributed by atoms with Crippen LogP contribution in [0.4, 0.5) is 0 Å². The Balaban J connectivity index is 2.73. The molecule has 1 aromatic carbocycles. The molecule has 0 aliphatic carbocycles. The maximum Gasteiger partial charge on any atom is 0.251 e. The molecular formula is C12H15Cl2NO. The minimum Gasteiger partial charge on any atom is -0.352 e. The fourth-order valence-electron chi connectivity index (χ4n) is 1.13. The summed E-state index contributed by atoms with van der Waals surface area (Å²) in [5.74, 6) is -0.153. The second kappa shape index (κ2) is 5.07. The third-order valence-corrected chi connectivity index (χ3v) is 2.34. The van der Waals surface area contributed by atoms with Crippen LogP contribution in [0.3, 0.4) is 0 Å². The topological polar surface area (TPSA) is 29.1 Å². The highest BCUT2D eigenvalue weighted by atomic mass is 35.5. The number of rotatable bonds is 2. The summed E-state index contributed by atoms with van der Waals surface area (Å²) in [6, 6.07) is 4.81. The third-order valence-electron chi connectivity index (χ3n) is 1.90. The van der Waals surface area contributed by atoms with E-state index in [4.69, 9.17) is 23.2 Å². The lowest BCUT2D eigenvalue weighted by molar-refractivity contribution is 0.0939. The summed E-state index contributed by atoms with van der Waals surface area (Å²) in [4.78, 5) is 11.8. The molecule has 0 bridgehead atoms. The minimum atomic E-state index is -0.153. The maximum atomic E-state index is 11.8. The molecule has 0 aromatic heterocycles. The molecule has 1 aromatic rings. The molecule has 16 heavy (non-hydrogen) atoms. The SMILES string of the molecule is CC(C)(C)CNC(=O)c1cc(Cl)cc(Cl)c1. The van der Waals surface area contributed by atoms with Crippen LogP contribution in [0.15, 0.2) is 18.2 Å². The molecule has 0 saturated carbocycles. The van der Waals surface area contributed by atoms with E-state index in [2.05, 4.69) is 26.1 Å². The number of halogens is 2. The Morgan fingerprint density at radius 1 is 1.19 bits per heavy atom. The predicted molar refractivity (Wildman–Crippen MR) is 68.3 cm³/mol. The van der Waals surface area contributed by atoms with E-state index in [0.29, 0.717) is 22.2 Å². The van der Waals surface area contributed by atoms with Gasteiger partial charge in [0.05, 0.1) is 0 Å². The Morgan fingerprint density at radius 3 is 2.12 bits per heavy atom. The molecule has 88 valence electrons. The lowest BCUT2D eigenvalue weighted by Crippen LogP contribution is -2.32. The van der Waals surface area contributed by atoms with Crippen LogP contribution < -0.4 is 5.32 Å². The quantitative estimate of drug-likeness (QED) is 0.861. The molecule has 0 atom stereocenters. The Morgan fingerprint density at radius 2 is 1.69 bits per heavy atom. The second-order valence-electron chi connectivity index (χ2n) is 4.90. The van der Waals surface area contributed by atoms with Crippen LogP contribution in [-0.4, -0.2) is 12.5 Å². The van der Waals surface area contributed by atoms with Crippen LogP contribution in [0.25, 0.3) is 0 Å². The van der Waals surface area contributed by atoms with Gasteiger partial charge in [-0.15, -0.1) is 0 Å². The summed E-state index contributed by atoms with van der Waals surface area (Å²) in [5, 5.41) is 3.77. The number of nitrogens with one attached hydrogen (secondary N) is 1. The van der Waals surface area contributed by atoms with Gasteiger partial charge in [0.2, 0.25) is 0 Å². The van der Waals surface area contributed by atoms with E-state index >= 15 is 0 Å². The fourth-order valence-corrected chi connectivity index (χ4v) is 1.66. The average molecular weight is 260 g/mol. The molecule has 0 heterocycles. The van der Waals surface area contributed by atoms with Gasteiger partial charge in [-0.25, -0.2) is 0 Å². The Bertz CT molecular complexity index is 376. The molecule has 0 aliphatic rings. The van der Waals surface area contributed by atoms with Crippen molar-refractivity contribution in [3.63, 3.8) is 0 Å². The molecular weight excluding hydrogens is 245 g/mol. The van der Waals surface area contributed by atoms with E-state index in [-0.39, 0.29) is 11.3 Å². The zero-order valence-corrected chi connectivity index (χ0v) is 11.1. The number of hydrogen-bond acceptors (Lipinski definition) is 1. The van der Waals surface area contributed by atoms with Gasteiger partial charge in [0, 0.05) is 22.2 Å². The van der Waals surface area contributed by atoms with E-state index in [1.54, 1.807) is 18.2 Å². The highest BCUT2D eigenvalue weighted by Gasteiger charge is 2.13. The van der Waals surface area contributed by atoms with Crippen LogP contribution in [0.1, 0.15) is 31.1 Å². The van der Waals surface area contributed by atoms with Crippen molar-refractivity contribution in [3.05, 3.63) is 33.8 Å². The van der Waals surface area contributed by atoms with Crippen LogP contribution in [0.5, 0.6) is 0 Å². The summed E-state index contributed by atoms with van der Waals surface area (Å²) in [6.07, 6.45) is 0. The molecule has 0 radical (unpaired) electrons. The fraction of sp³-hybridized carbons (Fsp3) is 0.417. The second-order valence-corrected chi connectivity index (χ2v) is 5.77. The van der Waals surface area contributed by atoms with Crippen LogP contribution in [0.2, 0.25) is 10.0 Å². The Hall–Kier alpha value is -0.730. The predicted octanol–water partition coefficient (Wildman–Crippen LogP) is 3.77. The largest absolute Gasteiger partial charge is 0.352 e. The molecule has 2 nitrogen and oxygen atoms in total. The van der Waals surface area contributed by atoms with Crippen LogP contribution in [-0.2, 0) is 0 Å². The van der Waals surface area contributed by atoms with Gasteiger partial charge in [0.1, 0.15) is 0 Å². The summed E-state index contributed by atoms with van der Waals surface area (Å²) in [7, 11) is 0. The van der Waals surface area contributed by atoms with E-state index < -0.39 is 0 Å². The molecule has 0 aliphatic heterocycles. The van der Waals surface area contributed by atoms with Crippen molar-refractivity contribution in [2.45, 2.75) is 20.8 Å². The van der Waals surface area contributed by atoms with Gasteiger partial charge < -0.3 is 5.32 Å². The molecule has 1 amide bonds. The number of carbonyl (C=O) groups is 1. The standard InChI is InChI=1S/C12H15Cl2NO/c1-12(2,3)7-15-11(16)8-4-9(13)6-10(14)5-8/h4-6H,7H2,1-3H3,(H,15,16). The third kappa shape index (κ3) is 4.42. The van der Waals surface area contributed by atoms with Gasteiger partial charge >= 0.3 is 0 Å². The van der Waals surface area contributed by atoms with E-state index in [1.165, 1.54) is 0 Å². The molecule has 0 spiro atoms. The molecule has 0 saturated heterocycles. The van der Waals surface area contributed by atoms with Crippen molar-refractivity contribution in [2.75, 3.05) is 6.54 Å². The van der Waals surface area contributed by atoms with Crippen molar-refractivity contribution in [1.29, 1.82) is 0 Å². The smallest absolute Gasteiger partial charge is 0.251 e. The zero-order chi connectivity index (χ0) is 12.3. The monoisotopic (exact) mass is 259 g/mol. The Kier molecular flexibility index (Phi) is 4.22. The first-order valence-corrected chi connectivity index (χ1v) is 5.78. The van der Waals surface area contributed by atoms with E-state index in [1.807, 2.05) is 0 Å². The number of carbonyl (C=O) groups excluding carboxylic acids is 1. The number of benzene rings is 1. The first-order valence-electron chi connectivity index (χ1n) is 5.02. The van der Waals surface area contributed by atoms with Gasteiger partial charge in [-0.2, -0.15) is 0 Å². The number of hydrogen-bond donors (Lipinski definition) is 1. The van der Waals surface area contributed by atoms with Crippen LogP contribution in [0, 0.1) is 5.41 Å². The zero-order valence-electron chi connectivity index (χ0n) is 9.60. The highest BCUT2D eigenvalue weighted by Crippen LogP contribution is 2.19. The van der Waals surface area contributed by atoms with Gasteiger partial charge in [-0.1, -0.05) is 44.0 Å².